The molecule has 1 heterocycles. The Balaban J connectivity index is 1.78. The summed E-state index contributed by atoms with van der Waals surface area (Å²) in [4.78, 5) is 18.3. The van der Waals surface area contributed by atoms with Gasteiger partial charge in [-0.25, -0.2) is 13.1 Å². The first-order chi connectivity index (χ1) is 14.3. The van der Waals surface area contributed by atoms with Crippen LogP contribution < -0.4 is 10.5 Å². The van der Waals surface area contributed by atoms with E-state index >= 15 is 0 Å². The van der Waals surface area contributed by atoms with Crippen molar-refractivity contribution in [2.75, 3.05) is 13.1 Å². The van der Waals surface area contributed by atoms with Crippen molar-refractivity contribution < 1.29 is 13.2 Å². The van der Waals surface area contributed by atoms with Crippen LogP contribution in [-0.4, -0.2) is 43.3 Å². The molecule has 0 saturated heterocycles. The lowest BCUT2D eigenvalue weighted by molar-refractivity contribution is -0.132. The number of carbonyl (C=O) groups is 1. The second kappa shape index (κ2) is 9.34. The molecule has 0 aliphatic carbocycles. The standard InChI is InChI=1S/C22H26N4O3S/c1-16(15-26(22(27)13-23)17(2)18-6-4-3-5-7-18)25-30(28,29)21-9-8-20-14-24-11-10-19(20)12-21/h3-12,14,16-17,25H,13,15,23H2,1-2H3. The molecule has 30 heavy (non-hydrogen) atoms. The maximum Gasteiger partial charge on any atom is 0.240 e. The monoisotopic (exact) mass is 426 g/mol. The Hall–Kier alpha value is -2.81. The Morgan fingerprint density at radius 1 is 1.10 bits per heavy atom. The summed E-state index contributed by atoms with van der Waals surface area (Å²) in [5.74, 6) is -0.240. The van der Waals surface area contributed by atoms with Gasteiger partial charge in [0, 0.05) is 30.4 Å². The molecule has 0 fully saturated rings. The van der Waals surface area contributed by atoms with Crippen molar-refractivity contribution in [2.24, 2.45) is 5.73 Å². The molecular weight excluding hydrogens is 400 g/mol. The lowest BCUT2D eigenvalue weighted by atomic mass is 10.1. The van der Waals surface area contributed by atoms with Crippen LogP contribution in [0.25, 0.3) is 10.8 Å². The van der Waals surface area contributed by atoms with Gasteiger partial charge in [0.2, 0.25) is 15.9 Å². The topological polar surface area (TPSA) is 105 Å². The number of hydrogen-bond donors (Lipinski definition) is 2. The van der Waals surface area contributed by atoms with Crippen molar-refractivity contribution in [3.05, 3.63) is 72.6 Å². The van der Waals surface area contributed by atoms with Crippen LogP contribution in [0.15, 0.2) is 71.9 Å². The van der Waals surface area contributed by atoms with Gasteiger partial charge in [-0.15, -0.1) is 0 Å². The summed E-state index contributed by atoms with van der Waals surface area (Å²) in [6, 6.07) is 15.5. The number of carbonyl (C=O) groups excluding carboxylic acids is 1. The van der Waals surface area contributed by atoms with E-state index in [1.807, 2.05) is 37.3 Å². The van der Waals surface area contributed by atoms with Gasteiger partial charge in [-0.1, -0.05) is 36.4 Å². The highest BCUT2D eigenvalue weighted by atomic mass is 32.2. The van der Waals surface area contributed by atoms with E-state index in [2.05, 4.69) is 9.71 Å². The largest absolute Gasteiger partial charge is 0.333 e. The van der Waals surface area contributed by atoms with E-state index in [9.17, 15) is 13.2 Å². The van der Waals surface area contributed by atoms with E-state index in [1.165, 1.54) is 0 Å². The lowest BCUT2D eigenvalue weighted by Gasteiger charge is -2.32. The van der Waals surface area contributed by atoms with Crippen LogP contribution in [0.3, 0.4) is 0 Å². The van der Waals surface area contributed by atoms with E-state index in [1.54, 1.807) is 48.5 Å². The molecule has 2 aromatic carbocycles. The van der Waals surface area contributed by atoms with Crippen molar-refractivity contribution in [1.29, 1.82) is 0 Å². The highest BCUT2D eigenvalue weighted by molar-refractivity contribution is 7.89. The molecular formula is C22H26N4O3S. The summed E-state index contributed by atoms with van der Waals surface area (Å²) in [6.07, 6.45) is 3.30. The molecule has 7 nitrogen and oxygen atoms in total. The zero-order valence-electron chi connectivity index (χ0n) is 17.0. The molecule has 2 atom stereocenters. The Morgan fingerprint density at radius 3 is 2.53 bits per heavy atom. The minimum absolute atomic E-state index is 0.143. The number of fused-ring (bicyclic) bond motifs is 1. The molecule has 0 radical (unpaired) electrons. The molecule has 0 aliphatic rings. The summed E-state index contributed by atoms with van der Waals surface area (Å²) in [6.45, 7) is 3.69. The Labute approximate surface area is 177 Å². The van der Waals surface area contributed by atoms with Crippen molar-refractivity contribution in [3.8, 4) is 0 Å². The molecule has 3 rings (SSSR count). The summed E-state index contributed by atoms with van der Waals surface area (Å²) in [5.41, 5.74) is 6.56. The smallest absolute Gasteiger partial charge is 0.240 e. The van der Waals surface area contributed by atoms with Gasteiger partial charge in [-0.3, -0.25) is 9.78 Å². The minimum Gasteiger partial charge on any atom is -0.333 e. The van der Waals surface area contributed by atoms with Gasteiger partial charge in [0.15, 0.2) is 0 Å². The number of sulfonamides is 1. The summed E-state index contributed by atoms with van der Waals surface area (Å²) in [7, 11) is -3.76. The summed E-state index contributed by atoms with van der Waals surface area (Å²) >= 11 is 0. The number of rotatable bonds is 8. The first kappa shape index (κ1) is 21.9. The van der Waals surface area contributed by atoms with Crippen LogP contribution in [0.5, 0.6) is 0 Å². The fraction of sp³-hybridized carbons (Fsp3) is 0.273. The van der Waals surface area contributed by atoms with E-state index < -0.39 is 16.1 Å². The van der Waals surface area contributed by atoms with Crippen LogP contribution >= 0.6 is 0 Å². The Kier molecular flexibility index (Phi) is 6.81. The van der Waals surface area contributed by atoms with Crippen molar-refractivity contribution >= 4 is 26.7 Å². The molecule has 3 N–H and O–H groups in total. The van der Waals surface area contributed by atoms with Gasteiger partial charge in [0.25, 0.3) is 0 Å². The normalized spacial score (nSPS) is 13.7. The predicted octanol–water partition coefficient (Wildman–Crippen LogP) is 2.45. The zero-order valence-corrected chi connectivity index (χ0v) is 17.8. The number of hydrogen-bond acceptors (Lipinski definition) is 5. The van der Waals surface area contributed by atoms with Crippen LogP contribution in [0.2, 0.25) is 0 Å². The molecule has 0 bridgehead atoms. The number of aromatic nitrogens is 1. The zero-order chi connectivity index (χ0) is 21.7. The number of nitrogens with zero attached hydrogens (tertiary/aromatic N) is 2. The van der Waals surface area contributed by atoms with Gasteiger partial charge in [-0.05, 0) is 43.0 Å². The first-order valence-electron chi connectivity index (χ1n) is 9.72. The average Bonchev–Trinajstić information content (AvgIpc) is 2.76. The fourth-order valence-electron chi connectivity index (χ4n) is 3.40. The second-order valence-corrected chi connectivity index (χ2v) is 8.96. The predicted molar refractivity (Wildman–Crippen MR) is 117 cm³/mol. The number of nitrogens with two attached hydrogens (primary N) is 1. The number of amides is 1. The van der Waals surface area contributed by atoms with Crippen LogP contribution in [0.1, 0.15) is 25.5 Å². The first-order valence-corrected chi connectivity index (χ1v) is 11.2. The molecule has 1 aromatic heterocycles. The molecule has 0 spiro atoms. The lowest BCUT2D eigenvalue weighted by Crippen LogP contribution is -2.47. The quantitative estimate of drug-likeness (QED) is 0.576. The van der Waals surface area contributed by atoms with Gasteiger partial charge in [0.05, 0.1) is 17.5 Å². The van der Waals surface area contributed by atoms with E-state index in [0.717, 1.165) is 16.3 Å². The SMILES string of the molecule is CC(CN(C(=O)CN)C(C)c1ccccc1)NS(=O)(=O)c1ccc2cnccc2c1. The van der Waals surface area contributed by atoms with Crippen molar-refractivity contribution in [1.82, 2.24) is 14.6 Å². The number of benzene rings is 2. The second-order valence-electron chi connectivity index (χ2n) is 7.24. The molecule has 0 saturated carbocycles. The Bertz CT molecular complexity index is 1120. The molecule has 3 aromatic rings. The van der Waals surface area contributed by atoms with Crippen molar-refractivity contribution in [2.45, 2.75) is 30.8 Å². The van der Waals surface area contributed by atoms with Crippen molar-refractivity contribution in [3.63, 3.8) is 0 Å². The maximum absolute atomic E-state index is 12.9. The van der Waals surface area contributed by atoms with E-state index in [0.29, 0.717) is 0 Å². The maximum atomic E-state index is 12.9. The number of nitrogens with one attached hydrogen (secondary N) is 1. The van der Waals surface area contributed by atoms with E-state index in [4.69, 9.17) is 5.73 Å². The van der Waals surface area contributed by atoms with Gasteiger partial charge >= 0.3 is 0 Å². The van der Waals surface area contributed by atoms with Gasteiger partial charge in [-0.2, -0.15) is 0 Å². The molecule has 0 aliphatic heterocycles. The highest BCUT2D eigenvalue weighted by Gasteiger charge is 2.25. The summed E-state index contributed by atoms with van der Waals surface area (Å²) in [5, 5.41) is 1.65. The van der Waals surface area contributed by atoms with E-state index in [-0.39, 0.29) is 29.9 Å². The summed E-state index contributed by atoms with van der Waals surface area (Å²) < 4.78 is 28.5. The molecule has 2 unspecified atom stereocenters. The van der Waals surface area contributed by atoms with Crippen LogP contribution in [0.4, 0.5) is 0 Å². The molecule has 1 amide bonds. The van der Waals surface area contributed by atoms with Crippen LogP contribution in [0, 0.1) is 0 Å². The average molecular weight is 427 g/mol. The fourth-order valence-corrected chi connectivity index (χ4v) is 4.67. The molecule has 8 heteroatoms. The third-order valence-electron chi connectivity index (χ3n) is 4.99. The minimum atomic E-state index is -3.76. The third-order valence-corrected chi connectivity index (χ3v) is 6.58. The Morgan fingerprint density at radius 2 is 1.83 bits per heavy atom. The third kappa shape index (κ3) is 5.02. The van der Waals surface area contributed by atoms with Crippen LogP contribution in [-0.2, 0) is 14.8 Å². The number of pyridine rings is 1. The highest BCUT2D eigenvalue weighted by Crippen LogP contribution is 2.21. The van der Waals surface area contributed by atoms with Gasteiger partial charge in [0.1, 0.15) is 0 Å². The van der Waals surface area contributed by atoms with Gasteiger partial charge < -0.3 is 10.6 Å². The molecule has 158 valence electrons.